The SMILES string of the molecule is O=c1ccnc(-c2ccncc2)n1-c1cccc2ccccc12. The van der Waals surface area contributed by atoms with E-state index in [-0.39, 0.29) is 5.56 Å². The molecule has 2 aromatic carbocycles. The Morgan fingerprint density at radius 1 is 0.783 bits per heavy atom. The Balaban J connectivity index is 2.08. The van der Waals surface area contributed by atoms with Gasteiger partial charge in [0.1, 0.15) is 5.82 Å². The molecule has 4 heteroatoms. The summed E-state index contributed by atoms with van der Waals surface area (Å²) >= 11 is 0. The molecule has 4 aromatic rings. The van der Waals surface area contributed by atoms with Crippen LogP contribution in [0.1, 0.15) is 0 Å². The largest absolute Gasteiger partial charge is 0.269 e. The molecular weight excluding hydrogens is 286 g/mol. The predicted octanol–water partition coefficient (Wildman–Crippen LogP) is 3.45. The van der Waals surface area contributed by atoms with Crippen LogP contribution in [0.3, 0.4) is 0 Å². The number of rotatable bonds is 2. The molecule has 0 atom stereocenters. The van der Waals surface area contributed by atoms with E-state index in [1.165, 1.54) is 6.07 Å². The van der Waals surface area contributed by atoms with E-state index >= 15 is 0 Å². The zero-order valence-electron chi connectivity index (χ0n) is 12.3. The van der Waals surface area contributed by atoms with Crippen molar-refractivity contribution < 1.29 is 0 Å². The van der Waals surface area contributed by atoms with E-state index in [0.717, 1.165) is 22.0 Å². The summed E-state index contributed by atoms with van der Waals surface area (Å²) in [6.45, 7) is 0. The fourth-order valence-electron chi connectivity index (χ4n) is 2.75. The third-order valence-electron chi connectivity index (χ3n) is 3.79. The highest BCUT2D eigenvalue weighted by molar-refractivity contribution is 5.90. The second-order valence-corrected chi connectivity index (χ2v) is 5.18. The normalized spacial score (nSPS) is 10.8. The van der Waals surface area contributed by atoms with E-state index in [2.05, 4.69) is 9.97 Å². The molecule has 0 N–H and O–H groups in total. The van der Waals surface area contributed by atoms with Crippen LogP contribution in [0.5, 0.6) is 0 Å². The lowest BCUT2D eigenvalue weighted by atomic mass is 10.1. The van der Waals surface area contributed by atoms with Gasteiger partial charge in [0.2, 0.25) is 0 Å². The Hall–Kier alpha value is -3.27. The molecule has 0 bridgehead atoms. The van der Waals surface area contributed by atoms with Crippen LogP contribution in [0.15, 0.2) is 84.0 Å². The zero-order valence-corrected chi connectivity index (χ0v) is 12.3. The molecule has 0 radical (unpaired) electrons. The van der Waals surface area contributed by atoms with Crippen molar-refractivity contribution in [1.29, 1.82) is 0 Å². The molecule has 23 heavy (non-hydrogen) atoms. The van der Waals surface area contributed by atoms with E-state index in [9.17, 15) is 4.79 Å². The average molecular weight is 299 g/mol. The van der Waals surface area contributed by atoms with Crippen LogP contribution in [0.4, 0.5) is 0 Å². The van der Waals surface area contributed by atoms with E-state index in [1.807, 2.05) is 54.6 Å². The average Bonchev–Trinajstić information content (AvgIpc) is 2.62. The van der Waals surface area contributed by atoms with E-state index < -0.39 is 0 Å². The molecule has 2 heterocycles. The molecule has 2 aromatic heterocycles. The van der Waals surface area contributed by atoms with Crippen LogP contribution in [0, 0.1) is 0 Å². The van der Waals surface area contributed by atoms with Crippen molar-refractivity contribution in [3.05, 3.63) is 89.6 Å². The molecule has 0 spiro atoms. The van der Waals surface area contributed by atoms with Gasteiger partial charge in [0.25, 0.3) is 5.56 Å². The van der Waals surface area contributed by atoms with Crippen molar-refractivity contribution in [2.24, 2.45) is 0 Å². The van der Waals surface area contributed by atoms with Gasteiger partial charge in [-0.05, 0) is 23.6 Å². The lowest BCUT2D eigenvalue weighted by Crippen LogP contribution is -2.20. The van der Waals surface area contributed by atoms with Crippen molar-refractivity contribution in [3.63, 3.8) is 0 Å². The smallest absolute Gasteiger partial charge is 0.258 e. The highest BCUT2D eigenvalue weighted by atomic mass is 16.1. The summed E-state index contributed by atoms with van der Waals surface area (Å²) < 4.78 is 1.65. The summed E-state index contributed by atoms with van der Waals surface area (Å²) in [4.78, 5) is 21.0. The van der Waals surface area contributed by atoms with Crippen LogP contribution in [0.25, 0.3) is 27.8 Å². The minimum absolute atomic E-state index is 0.108. The lowest BCUT2D eigenvalue weighted by Gasteiger charge is -2.13. The fourth-order valence-corrected chi connectivity index (χ4v) is 2.75. The van der Waals surface area contributed by atoms with Gasteiger partial charge in [-0.3, -0.25) is 14.3 Å². The van der Waals surface area contributed by atoms with Crippen LogP contribution < -0.4 is 5.56 Å². The first-order valence-corrected chi connectivity index (χ1v) is 7.31. The van der Waals surface area contributed by atoms with E-state index in [4.69, 9.17) is 0 Å². The molecule has 0 amide bonds. The summed E-state index contributed by atoms with van der Waals surface area (Å²) in [5.41, 5.74) is 1.57. The van der Waals surface area contributed by atoms with Crippen LogP contribution in [0.2, 0.25) is 0 Å². The molecule has 0 aliphatic heterocycles. The van der Waals surface area contributed by atoms with Crippen molar-refractivity contribution in [3.8, 4) is 17.1 Å². The summed E-state index contributed by atoms with van der Waals surface area (Å²) in [7, 11) is 0. The lowest BCUT2D eigenvalue weighted by molar-refractivity contribution is 0.955. The second kappa shape index (κ2) is 5.50. The summed E-state index contributed by atoms with van der Waals surface area (Å²) in [5, 5.41) is 2.10. The molecule has 4 rings (SSSR count). The number of hydrogen-bond donors (Lipinski definition) is 0. The molecule has 0 aliphatic carbocycles. The number of pyridine rings is 1. The molecule has 0 fully saturated rings. The molecule has 110 valence electrons. The Morgan fingerprint density at radius 2 is 1.57 bits per heavy atom. The first-order chi connectivity index (χ1) is 11.3. The predicted molar refractivity (Wildman–Crippen MR) is 90.6 cm³/mol. The molecule has 4 nitrogen and oxygen atoms in total. The van der Waals surface area contributed by atoms with Gasteiger partial charge in [0.05, 0.1) is 5.69 Å². The topological polar surface area (TPSA) is 47.8 Å². The number of hydrogen-bond acceptors (Lipinski definition) is 3. The van der Waals surface area contributed by atoms with Crippen molar-refractivity contribution >= 4 is 10.8 Å². The maximum Gasteiger partial charge on any atom is 0.258 e. The standard InChI is InChI=1S/C19H13N3O/c23-18-10-13-21-19(15-8-11-20-12-9-15)22(18)17-7-3-5-14-4-1-2-6-16(14)17/h1-13H. The van der Waals surface area contributed by atoms with Gasteiger partial charge in [-0.25, -0.2) is 4.98 Å². The second-order valence-electron chi connectivity index (χ2n) is 5.18. The van der Waals surface area contributed by atoms with Gasteiger partial charge >= 0.3 is 0 Å². The highest BCUT2D eigenvalue weighted by Gasteiger charge is 2.11. The van der Waals surface area contributed by atoms with Crippen LogP contribution >= 0.6 is 0 Å². The van der Waals surface area contributed by atoms with E-state index in [1.54, 1.807) is 23.2 Å². The maximum atomic E-state index is 12.6. The van der Waals surface area contributed by atoms with Crippen molar-refractivity contribution in [2.45, 2.75) is 0 Å². The number of nitrogens with zero attached hydrogens (tertiary/aromatic N) is 3. The third kappa shape index (κ3) is 2.30. The fraction of sp³-hybridized carbons (Fsp3) is 0. The maximum absolute atomic E-state index is 12.6. The molecule has 0 aliphatic rings. The van der Waals surface area contributed by atoms with Gasteiger partial charge in [-0.1, -0.05) is 36.4 Å². The Morgan fingerprint density at radius 3 is 2.43 bits per heavy atom. The van der Waals surface area contributed by atoms with Crippen LogP contribution in [-0.4, -0.2) is 14.5 Å². The van der Waals surface area contributed by atoms with Gasteiger partial charge in [-0.15, -0.1) is 0 Å². The Bertz CT molecular complexity index is 1030. The van der Waals surface area contributed by atoms with Gasteiger partial charge < -0.3 is 0 Å². The molecule has 0 saturated heterocycles. The first kappa shape index (κ1) is 13.4. The Kier molecular flexibility index (Phi) is 3.20. The van der Waals surface area contributed by atoms with Crippen LogP contribution in [-0.2, 0) is 0 Å². The van der Waals surface area contributed by atoms with E-state index in [0.29, 0.717) is 5.82 Å². The van der Waals surface area contributed by atoms with Gasteiger partial charge in [-0.2, -0.15) is 0 Å². The van der Waals surface area contributed by atoms with Gasteiger partial charge in [0, 0.05) is 35.6 Å². The minimum Gasteiger partial charge on any atom is -0.269 e. The zero-order chi connectivity index (χ0) is 15.6. The third-order valence-corrected chi connectivity index (χ3v) is 3.79. The summed E-state index contributed by atoms with van der Waals surface area (Å²) in [6.07, 6.45) is 4.93. The number of fused-ring (bicyclic) bond motifs is 1. The highest BCUT2D eigenvalue weighted by Crippen LogP contribution is 2.24. The molecular formula is C19H13N3O. The van der Waals surface area contributed by atoms with Crippen molar-refractivity contribution in [1.82, 2.24) is 14.5 Å². The Labute approximate surface area is 132 Å². The number of benzene rings is 2. The van der Waals surface area contributed by atoms with Gasteiger partial charge in [0.15, 0.2) is 0 Å². The first-order valence-electron chi connectivity index (χ1n) is 7.31. The number of aromatic nitrogens is 3. The molecule has 0 saturated carbocycles. The molecule has 0 unspecified atom stereocenters. The quantitative estimate of drug-likeness (QED) is 0.569. The summed E-state index contributed by atoms with van der Waals surface area (Å²) in [5.74, 6) is 0.608. The summed E-state index contributed by atoms with van der Waals surface area (Å²) in [6, 6.07) is 19.1. The monoisotopic (exact) mass is 299 g/mol. The minimum atomic E-state index is -0.108. The van der Waals surface area contributed by atoms with Crippen molar-refractivity contribution in [2.75, 3.05) is 0 Å².